The lowest BCUT2D eigenvalue weighted by atomic mass is 10.1. The number of carboxylic acids is 1. The van der Waals surface area contributed by atoms with E-state index in [2.05, 4.69) is 11.9 Å². The highest BCUT2D eigenvalue weighted by Gasteiger charge is 2.16. The maximum Gasteiger partial charge on any atom is 0.333 e. The minimum absolute atomic E-state index is 0.0210. The van der Waals surface area contributed by atoms with E-state index in [1.54, 1.807) is 6.92 Å². The van der Waals surface area contributed by atoms with E-state index in [0.717, 1.165) is 0 Å². The quantitative estimate of drug-likeness (QED) is 0.269. The topological polar surface area (TPSA) is 99.2 Å². The summed E-state index contributed by atoms with van der Waals surface area (Å²) in [5, 5.41) is 17.9. The Balaban J connectivity index is 4.24. The standard InChI is InChI=1S/C7H13N3O2/c1-3-5(10-7(8)9)4(2)6(11)12/h5H,2-3H2,1H3,(H,11,12)(H4,8,9,10). The molecule has 12 heavy (non-hydrogen) atoms. The molecule has 0 aromatic rings. The van der Waals surface area contributed by atoms with Crippen molar-refractivity contribution in [3.63, 3.8) is 0 Å². The molecular formula is C7H13N3O2. The number of rotatable bonds is 4. The van der Waals surface area contributed by atoms with Gasteiger partial charge in [0.25, 0.3) is 0 Å². The van der Waals surface area contributed by atoms with Crippen molar-refractivity contribution in [1.29, 1.82) is 5.41 Å². The van der Waals surface area contributed by atoms with Crippen LogP contribution in [-0.4, -0.2) is 23.1 Å². The summed E-state index contributed by atoms with van der Waals surface area (Å²) in [5.41, 5.74) is 5.07. The third-order valence-corrected chi connectivity index (χ3v) is 1.43. The van der Waals surface area contributed by atoms with Gasteiger partial charge in [0, 0.05) is 0 Å². The number of nitrogens with two attached hydrogens (primary N) is 1. The van der Waals surface area contributed by atoms with Crippen LogP contribution < -0.4 is 11.1 Å². The first kappa shape index (κ1) is 10.5. The van der Waals surface area contributed by atoms with Gasteiger partial charge in [0.1, 0.15) is 0 Å². The number of carbonyl (C=O) groups is 1. The van der Waals surface area contributed by atoms with Crippen molar-refractivity contribution in [1.82, 2.24) is 5.32 Å². The molecular weight excluding hydrogens is 158 g/mol. The SMILES string of the molecule is C=C(C(=O)O)C(CC)NC(=N)N. The molecule has 5 N–H and O–H groups in total. The number of guanidine groups is 1. The molecule has 68 valence electrons. The lowest BCUT2D eigenvalue weighted by Crippen LogP contribution is -2.41. The van der Waals surface area contributed by atoms with Crippen LogP contribution in [0.2, 0.25) is 0 Å². The molecule has 5 heteroatoms. The van der Waals surface area contributed by atoms with Gasteiger partial charge in [-0.2, -0.15) is 0 Å². The highest BCUT2D eigenvalue weighted by atomic mass is 16.4. The van der Waals surface area contributed by atoms with Crippen LogP contribution in [0.25, 0.3) is 0 Å². The highest BCUT2D eigenvalue weighted by molar-refractivity contribution is 5.88. The minimum atomic E-state index is -1.07. The van der Waals surface area contributed by atoms with Crippen LogP contribution in [0.15, 0.2) is 12.2 Å². The summed E-state index contributed by atoms with van der Waals surface area (Å²) < 4.78 is 0. The van der Waals surface area contributed by atoms with Crippen molar-refractivity contribution in [3.8, 4) is 0 Å². The predicted octanol–water partition coefficient (Wildman–Crippen LogP) is -0.111. The lowest BCUT2D eigenvalue weighted by Gasteiger charge is -2.16. The molecule has 5 nitrogen and oxygen atoms in total. The second-order valence-corrected chi connectivity index (χ2v) is 2.35. The van der Waals surface area contributed by atoms with E-state index in [9.17, 15) is 4.79 Å². The van der Waals surface area contributed by atoms with Gasteiger partial charge in [-0.05, 0) is 6.42 Å². The van der Waals surface area contributed by atoms with Crippen LogP contribution in [0.5, 0.6) is 0 Å². The van der Waals surface area contributed by atoms with Crippen molar-refractivity contribution in [2.75, 3.05) is 0 Å². The lowest BCUT2D eigenvalue weighted by molar-refractivity contribution is -0.132. The molecule has 0 aliphatic carbocycles. The number of aliphatic carboxylic acids is 1. The van der Waals surface area contributed by atoms with Gasteiger partial charge in [0.2, 0.25) is 0 Å². The molecule has 0 fully saturated rings. The second kappa shape index (κ2) is 4.38. The predicted molar refractivity (Wildman–Crippen MR) is 45.9 cm³/mol. The van der Waals surface area contributed by atoms with Crippen molar-refractivity contribution in [2.24, 2.45) is 5.73 Å². The number of carboxylic acid groups (broad SMARTS) is 1. The Kier molecular flexibility index (Phi) is 3.82. The highest BCUT2D eigenvalue weighted by Crippen LogP contribution is 2.03. The number of hydrogen-bond acceptors (Lipinski definition) is 2. The van der Waals surface area contributed by atoms with Crippen molar-refractivity contribution in [2.45, 2.75) is 19.4 Å². The molecule has 0 aliphatic heterocycles. The van der Waals surface area contributed by atoms with Crippen LogP contribution in [0.1, 0.15) is 13.3 Å². The van der Waals surface area contributed by atoms with Crippen LogP contribution in [0.3, 0.4) is 0 Å². The fraction of sp³-hybridized carbons (Fsp3) is 0.429. The molecule has 1 atom stereocenters. The fourth-order valence-electron chi connectivity index (χ4n) is 0.772. The van der Waals surface area contributed by atoms with Crippen molar-refractivity contribution in [3.05, 3.63) is 12.2 Å². The van der Waals surface area contributed by atoms with Crippen molar-refractivity contribution >= 4 is 11.9 Å². The van der Waals surface area contributed by atoms with Gasteiger partial charge in [0.15, 0.2) is 5.96 Å². The zero-order chi connectivity index (χ0) is 9.72. The zero-order valence-corrected chi connectivity index (χ0v) is 6.92. The Morgan fingerprint density at radius 2 is 2.33 bits per heavy atom. The van der Waals surface area contributed by atoms with E-state index >= 15 is 0 Å². The average molecular weight is 171 g/mol. The summed E-state index contributed by atoms with van der Waals surface area (Å²) in [6.07, 6.45) is 0.532. The van der Waals surface area contributed by atoms with E-state index in [-0.39, 0.29) is 11.5 Å². The van der Waals surface area contributed by atoms with E-state index in [1.165, 1.54) is 0 Å². The largest absolute Gasteiger partial charge is 0.478 e. The normalized spacial score (nSPS) is 11.8. The summed E-state index contributed by atoms with van der Waals surface area (Å²) in [5.74, 6) is -1.32. The maximum absolute atomic E-state index is 10.4. The first-order valence-electron chi connectivity index (χ1n) is 3.51. The molecule has 0 bridgehead atoms. The van der Waals surface area contributed by atoms with E-state index in [0.29, 0.717) is 6.42 Å². The summed E-state index contributed by atoms with van der Waals surface area (Å²) in [7, 11) is 0. The van der Waals surface area contributed by atoms with Gasteiger partial charge in [-0.25, -0.2) is 4.79 Å². The molecule has 0 aromatic carbocycles. The first-order chi connectivity index (χ1) is 5.49. The molecule has 1 unspecified atom stereocenters. The smallest absolute Gasteiger partial charge is 0.333 e. The Morgan fingerprint density at radius 1 is 1.83 bits per heavy atom. The van der Waals surface area contributed by atoms with Gasteiger partial charge in [-0.1, -0.05) is 13.5 Å². The molecule has 0 aliphatic rings. The summed E-state index contributed by atoms with van der Waals surface area (Å²) in [6.45, 7) is 5.15. The van der Waals surface area contributed by atoms with Crippen LogP contribution in [0.4, 0.5) is 0 Å². The third kappa shape index (κ3) is 3.05. The van der Waals surface area contributed by atoms with E-state index in [1.807, 2.05) is 0 Å². The molecule has 0 spiro atoms. The monoisotopic (exact) mass is 171 g/mol. The molecule has 0 saturated carbocycles. The average Bonchev–Trinajstić information content (AvgIpc) is 1.98. The molecule has 0 heterocycles. The van der Waals surface area contributed by atoms with E-state index < -0.39 is 12.0 Å². The maximum atomic E-state index is 10.4. The molecule has 0 aromatic heterocycles. The van der Waals surface area contributed by atoms with Gasteiger partial charge in [0.05, 0.1) is 11.6 Å². The van der Waals surface area contributed by atoms with Crippen molar-refractivity contribution < 1.29 is 9.90 Å². The summed E-state index contributed by atoms with van der Waals surface area (Å²) in [6, 6.07) is -0.458. The van der Waals surface area contributed by atoms with Gasteiger partial charge in [-0.15, -0.1) is 0 Å². The fourth-order valence-corrected chi connectivity index (χ4v) is 0.772. The van der Waals surface area contributed by atoms with Crippen LogP contribution in [-0.2, 0) is 4.79 Å². The van der Waals surface area contributed by atoms with Crippen LogP contribution in [0, 0.1) is 5.41 Å². The Morgan fingerprint density at radius 3 is 2.58 bits per heavy atom. The zero-order valence-electron chi connectivity index (χ0n) is 6.92. The molecule has 0 saturated heterocycles. The minimum Gasteiger partial charge on any atom is -0.478 e. The van der Waals surface area contributed by atoms with E-state index in [4.69, 9.17) is 16.2 Å². The Labute approximate surface area is 70.8 Å². The summed E-state index contributed by atoms with van der Waals surface area (Å²) >= 11 is 0. The van der Waals surface area contributed by atoms with Crippen LogP contribution >= 0.6 is 0 Å². The molecule has 0 rings (SSSR count). The molecule has 0 radical (unpaired) electrons. The first-order valence-corrected chi connectivity index (χ1v) is 3.51. The third-order valence-electron chi connectivity index (χ3n) is 1.43. The van der Waals surface area contributed by atoms with Gasteiger partial charge in [-0.3, -0.25) is 5.41 Å². The van der Waals surface area contributed by atoms with Gasteiger partial charge >= 0.3 is 5.97 Å². The molecule has 0 amide bonds. The number of hydrogen-bond donors (Lipinski definition) is 4. The van der Waals surface area contributed by atoms with Gasteiger partial charge < -0.3 is 16.2 Å². The Bertz CT molecular complexity index is 213. The second-order valence-electron chi connectivity index (χ2n) is 2.35. The number of nitrogens with one attached hydrogen (secondary N) is 2. The summed E-state index contributed by atoms with van der Waals surface area (Å²) in [4.78, 5) is 10.4. The Hall–Kier alpha value is -1.52.